The highest BCUT2D eigenvalue weighted by molar-refractivity contribution is 7.94. The molecule has 2 rings (SSSR count). The SMILES string of the molecule is Cc1ccc(S(=O)(=O)Nc2ccc(/C(N)=N/O)cc2Cl)s1. The number of amidine groups is 1. The summed E-state index contributed by atoms with van der Waals surface area (Å²) in [5.41, 5.74) is 6.04. The van der Waals surface area contributed by atoms with Crippen LogP contribution in [0.25, 0.3) is 0 Å². The molecule has 0 unspecified atom stereocenters. The number of nitrogens with zero attached hydrogens (tertiary/aromatic N) is 1. The molecule has 1 heterocycles. The molecule has 0 atom stereocenters. The topological polar surface area (TPSA) is 105 Å². The molecule has 0 spiro atoms. The maximum absolute atomic E-state index is 12.2. The Morgan fingerprint density at radius 3 is 2.62 bits per heavy atom. The van der Waals surface area contributed by atoms with Crippen LogP contribution >= 0.6 is 22.9 Å². The van der Waals surface area contributed by atoms with Crippen LogP contribution < -0.4 is 10.5 Å². The van der Waals surface area contributed by atoms with E-state index < -0.39 is 10.0 Å². The molecule has 0 aliphatic rings. The van der Waals surface area contributed by atoms with Crippen molar-refractivity contribution in [2.45, 2.75) is 11.1 Å². The van der Waals surface area contributed by atoms with E-state index in [4.69, 9.17) is 22.5 Å². The van der Waals surface area contributed by atoms with Crippen LogP contribution in [0.5, 0.6) is 0 Å². The summed E-state index contributed by atoms with van der Waals surface area (Å²) in [5.74, 6) is -0.111. The van der Waals surface area contributed by atoms with E-state index in [9.17, 15) is 8.42 Å². The molecule has 0 saturated heterocycles. The quantitative estimate of drug-likeness (QED) is 0.343. The van der Waals surface area contributed by atoms with Gasteiger partial charge < -0.3 is 10.9 Å². The lowest BCUT2D eigenvalue weighted by molar-refractivity contribution is 0.318. The van der Waals surface area contributed by atoms with E-state index in [1.165, 1.54) is 35.6 Å². The number of sulfonamides is 1. The number of nitrogens with one attached hydrogen (secondary N) is 1. The lowest BCUT2D eigenvalue weighted by atomic mass is 10.2. The minimum atomic E-state index is -3.68. The van der Waals surface area contributed by atoms with Gasteiger partial charge in [0.2, 0.25) is 0 Å². The van der Waals surface area contributed by atoms with Gasteiger partial charge in [-0.05, 0) is 37.3 Å². The molecule has 112 valence electrons. The number of oxime groups is 1. The largest absolute Gasteiger partial charge is 0.409 e. The van der Waals surface area contributed by atoms with E-state index in [0.717, 1.165) is 4.88 Å². The highest BCUT2D eigenvalue weighted by Gasteiger charge is 2.18. The van der Waals surface area contributed by atoms with Gasteiger partial charge >= 0.3 is 0 Å². The van der Waals surface area contributed by atoms with Crippen molar-refractivity contribution in [2.75, 3.05) is 4.72 Å². The summed E-state index contributed by atoms with van der Waals surface area (Å²) in [6.07, 6.45) is 0. The Bertz CT molecular complexity index is 800. The fourth-order valence-electron chi connectivity index (χ4n) is 1.57. The Balaban J connectivity index is 2.32. The predicted octanol–water partition coefficient (Wildman–Crippen LogP) is 2.61. The Morgan fingerprint density at radius 1 is 1.38 bits per heavy atom. The van der Waals surface area contributed by atoms with Crippen LogP contribution in [0, 0.1) is 6.92 Å². The Kier molecular flexibility index (Phi) is 4.40. The first kappa shape index (κ1) is 15.6. The molecule has 1 aromatic heterocycles. The fraction of sp³-hybridized carbons (Fsp3) is 0.0833. The van der Waals surface area contributed by atoms with E-state index in [1.54, 1.807) is 6.07 Å². The predicted molar refractivity (Wildman–Crippen MR) is 83.8 cm³/mol. The Labute approximate surface area is 130 Å². The summed E-state index contributed by atoms with van der Waals surface area (Å²) in [6.45, 7) is 1.82. The summed E-state index contributed by atoms with van der Waals surface area (Å²) in [4.78, 5) is 0.892. The van der Waals surface area contributed by atoms with Crippen molar-refractivity contribution < 1.29 is 13.6 Å². The molecule has 0 fully saturated rings. The zero-order valence-electron chi connectivity index (χ0n) is 10.9. The van der Waals surface area contributed by atoms with Crippen molar-refractivity contribution in [2.24, 2.45) is 10.9 Å². The van der Waals surface area contributed by atoms with Gasteiger partial charge in [-0.3, -0.25) is 4.72 Å². The molecule has 1 aromatic carbocycles. The highest BCUT2D eigenvalue weighted by atomic mass is 35.5. The number of nitrogens with two attached hydrogens (primary N) is 1. The van der Waals surface area contributed by atoms with Gasteiger partial charge in [0.15, 0.2) is 5.84 Å². The Morgan fingerprint density at radius 2 is 2.10 bits per heavy atom. The van der Waals surface area contributed by atoms with Gasteiger partial charge in [0.25, 0.3) is 10.0 Å². The molecule has 0 aliphatic carbocycles. The molecule has 0 radical (unpaired) electrons. The maximum Gasteiger partial charge on any atom is 0.271 e. The number of hydrogen-bond donors (Lipinski definition) is 3. The average Bonchev–Trinajstić information content (AvgIpc) is 2.87. The smallest absolute Gasteiger partial charge is 0.271 e. The third-order valence-corrected chi connectivity index (χ3v) is 5.77. The van der Waals surface area contributed by atoms with Crippen molar-refractivity contribution in [3.63, 3.8) is 0 Å². The van der Waals surface area contributed by atoms with Crippen molar-refractivity contribution in [3.05, 3.63) is 45.8 Å². The minimum Gasteiger partial charge on any atom is -0.409 e. The van der Waals surface area contributed by atoms with Crippen LogP contribution in [0.15, 0.2) is 39.7 Å². The average molecular weight is 346 g/mol. The van der Waals surface area contributed by atoms with Gasteiger partial charge in [0.05, 0.1) is 10.7 Å². The van der Waals surface area contributed by atoms with Crippen LogP contribution in [-0.2, 0) is 10.0 Å². The number of hydrogen-bond acceptors (Lipinski definition) is 5. The van der Waals surface area contributed by atoms with Crippen LogP contribution in [0.1, 0.15) is 10.4 Å². The lowest BCUT2D eigenvalue weighted by Crippen LogP contribution is -2.14. The van der Waals surface area contributed by atoms with E-state index in [1.807, 2.05) is 6.92 Å². The first-order valence-corrected chi connectivity index (χ1v) is 8.38. The monoisotopic (exact) mass is 345 g/mol. The second-order valence-corrected chi connectivity index (χ2v) is 7.75. The molecule has 0 amide bonds. The Hall–Kier alpha value is -1.77. The summed E-state index contributed by atoms with van der Waals surface area (Å²) >= 11 is 7.18. The molecular formula is C12H12ClN3O3S2. The summed E-state index contributed by atoms with van der Waals surface area (Å²) < 4.78 is 27.0. The maximum atomic E-state index is 12.2. The molecule has 6 nitrogen and oxygen atoms in total. The molecule has 0 saturated carbocycles. The normalized spacial score (nSPS) is 12.4. The van der Waals surface area contributed by atoms with Crippen LogP contribution in [-0.4, -0.2) is 19.5 Å². The molecule has 0 aliphatic heterocycles. The number of rotatable bonds is 4. The number of anilines is 1. The van der Waals surface area contributed by atoms with Crippen molar-refractivity contribution in [1.29, 1.82) is 0 Å². The first-order valence-electron chi connectivity index (χ1n) is 5.70. The highest BCUT2D eigenvalue weighted by Crippen LogP contribution is 2.28. The van der Waals surface area contributed by atoms with Crippen molar-refractivity contribution in [1.82, 2.24) is 0 Å². The van der Waals surface area contributed by atoms with Gasteiger partial charge in [-0.15, -0.1) is 11.3 Å². The fourth-order valence-corrected chi connectivity index (χ4v) is 4.21. The number of benzene rings is 1. The first-order chi connectivity index (χ1) is 9.83. The third-order valence-electron chi connectivity index (χ3n) is 2.60. The van der Waals surface area contributed by atoms with Gasteiger partial charge in [0, 0.05) is 10.4 Å². The van der Waals surface area contributed by atoms with Crippen molar-refractivity contribution in [3.8, 4) is 0 Å². The van der Waals surface area contributed by atoms with Crippen LogP contribution in [0.2, 0.25) is 5.02 Å². The summed E-state index contributed by atoms with van der Waals surface area (Å²) in [5, 5.41) is 11.6. The molecule has 9 heteroatoms. The van der Waals surface area contributed by atoms with E-state index in [0.29, 0.717) is 5.56 Å². The zero-order chi connectivity index (χ0) is 15.6. The standard InChI is InChI=1S/C12H12ClN3O3S2/c1-7-2-5-11(20-7)21(18,19)16-10-4-3-8(6-9(10)13)12(14)15-17/h2-6,16-17H,1H3,(H2,14,15). The number of halogens is 1. The van der Waals surface area contributed by atoms with Gasteiger partial charge in [0.1, 0.15) is 4.21 Å². The van der Waals surface area contributed by atoms with Crippen LogP contribution in [0.4, 0.5) is 5.69 Å². The molecule has 4 N–H and O–H groups in total. The van der Waals surface area contributed by atoms with E-state index in [-0.39, 0.29) is 20.8 Å². The van der Waals surface area contributed by atoms with Gasteiger partial charge in [-0.1, -0.05) is 16.8 Å². The minimum absolute atomic E-state index is 0.111. The molecule has 0 bridgehead atoms. The summed E-state index contributed by atoms with van der Waals surface area (Å²) in [7, 11) is -3.68. The lowest BCUT2D eigenvalue weighted by Gasteiger charge is -2.09. The van der Waals surface area contributed by atoms with E-state index >= 15 is 0 Å². The second-order valence-electron chi connectivity index (χ2n) is 4.15. The van der Waals surface area contributed by atoms with Crippen LogP contribution in [0.3, 0.4) is 0 Å². The zero-order valence-corrected chi connectivity index (χ0v) is 13.3. The van der Waals surface area contributed by atoms with Crippen molar-refractivity contribution >= 4 is 44.5 Å². The summed E-state index contributed by atoms with van der Waals surface area (Å²) in [6, 6.07) is 7.61. The van der Waals surface area contributed by atoms with E-state index in [2.05, 4.69) is 9.88 Å². The molecule has 21 heavy (non-hydrogen) atoms. The molecule has 2 aromatic rings. The molecular weight excluding hydrogens is 334 g/mol. The second kappa shape index (κ2) is 5.92. The van der Waals surface area contributed by atoms with Gasteiger partial charge in [-0.2, -0.15) is 0 Å². The van der Waals surface area contributed by atoms with Gasteiger partial charge in [-0.25, -0.2) is 8.42 Å². The number of aryl methyl sites for hydroxylation is 1. The third kappa shape index (κ3) is 3.46. The number of thiophene rings is 1.